The zero-order chi connectivity index (χ0) is 13.9. The summed E-state index contributed by atoms with van der Waals surface area (Å²) >= 11 is 0. The van der Waals surface area contributed by atoms with Gasteiger partial charge in [0.05, 0.1) is 6.61 Å². The number of hydrogen-bond donors (Lipinski definition) is 1. The first kappa shape index (κ1) is 15.5. The molecule has 0 unspecified atom stereocenters. The fraction of sp³-hybridized carbons (Fsp3) is 0.562. The van der Waals surface area contributed by atoms with Gasteiger partial charge in [0.15, 0.2) is 0 Å². The van der Waals surface area contributed by atoms with Crippen LogP contribution in [0.2, 0.25) is 0 Å². The first-order chi connectivity index (χ1) is 9.25. The predicted octanol–water partition coefficient (Wildman–Crippen LogP) is 4.10. The van der Waals surface area contributed by atoms with E-state index in [0.717, 1.165) is 12.8 Å². The first-order valence-corrected chi connectivity index (χ1v) is 7.12. The zero-order valence-corrected chi connectivity index (χ0v) is 11.7. The summed E-state index contributed by atoms with van der Waals surface area (Å²) in [6.07, 6.45) is 8.29. The molecule has 1 aromatic rings. The van der Waals surface area contributed by atoms with E-state index in [-0.39, 0.29) is 11.3 Å². The summed E-state index contributed by atoms with van der Waals surface area (Å²) in [5.74, 6) is -0.524. The molecule has 0 aliphatic heterocycles. The van der Waals surface area contributed by atoms with E-state index in [9.17, 15) is 9.90 Å². The smallest absolute Gasteiger partial charge is 0.341 e. The van der Waals surface area contributed by atoms with Crippen molar-refractivity contribution in [2.75, 3.05) is 6.61 Å². The van der Waals surface area contributed by atoms with E-state index >= 15 is 0 Å². The maximum Gasteiger partial charge on any atom is 0.341 e. The molecule has 3 heteroatoms. The molecule has 0 fully saturated rings. The minimum absolute atomic E-state index is 0.0525. The third-order valence-corrected chi connectivity index (χ3v) is 3.04. The van der Waals surface area contributed by atoms with Crippen molar-refractivity contribution in [2.24, 2.45) is 0 Å². The minimum atomic E-state index is -0.472. The number of rotatable bonds is 9. The van der Waals surface area contributed by atoms with Crippen LogP contribution >= 0.6 is 0 Å². The highest BCUT2D eigenvalue weighted by atomic mass is 16.5. The monoisotopic (exact) mass is 263 g/mol. The van der Waals surface area contributed by atoms with Crippen LogP contribution < -0.4 is 0 Å². The van der Waals surface area contributed by atoms with Crippen LogP contribution in [-0.4, -0.2) is 17.7 Å². The number of hydrogen-bond acceptors (Lipinski definition) is 3. The van der Waals surface area contributed by atoms with Crippen molar-refractivity contribution in [2.45, 2.75) is 51.9 Å². The second-order valence-electron chi connectivity index (χ2n) is 4.70. The van der Waals surface area contributed by atoms with Crippen LogP contribution in [0.25, 0.3) is 0 Å². The summed E-state index contributed by atoms with van der Waals surface area (Å²) in [4.78, 5) is 11.6. The molecular formula is C16H23O3. The van der Waals surface area contributed by atoms with Gasteiger partial charge in [0, 0.05) is 0 Å². The molecule has 105 valence electrons. The van der Waals surface area contributed by atoms with Crippen molar-refractivity contribution in [3.05, 3.63) is 29.8 Å². The lowest BCUT2D eigenvalue weighted by molar-refractivity contribution is 0.0494. The van der Waals surface area contributed by atoms with Crippen LogP contribution in [0.4, 0.5) is 0 Å². The van der Waals surface area contributed by atoms with E-state index in [1.165, 1.54) is 44.2 Å². The Labute approximate surface area is 115 Å². The molecule has 0 saturated carbocycles. The lowest BCUT2D eigenvalue weighted by Crippen LogP contribution is -2.06. The summed E-state index contributed by atoms with van der Waals surface area (Å²) < 4.78 is 5.12. The summed E-state index contributed by atoms with van der Waals surface area (Å²) in [6.45, 7) is 2.62. The normalized spacial score (nSPS) is 10.4. The fourth-order valence-corrected chi connectivity index (χ4v) is 1.89. The molecule has 0 saturated heterocycles. The third-order valence-electron chi connectivity index (χ3n) is 3.04. The summed E-state index contributed by atoms with van der Waals surface area (Å²) in [5.41, 5.74) is 0.186. The predicted molar refractivity (Wildman–Crippen MR) is 75.2 cm³/mol. The van der Waals surface area contributed by atoms with Gasteiger partial charge in [0.25, 0.3) is 0 Å². The molecule has 0 aliphatic rings. The second-order valence-corrected chi connectivity index (χ2v) is 4.70. The van der Waals surface area contributed by atoms with Gasteiger partial charge in [-0.25, -0.2) is 4.79 Å². The molecule has 0 heterocycles. The van der Waals surface area contributed by atoms with Crippen LogP contribution in [0, 0.1) is 6.07 Å². The molecule has 0 atom stereocenters. The molecule has 0 aromatic heterocycles. The topological polar surface area (TPSA) is 46.5 Å². The van der Waals surface area contributed by atoms with Crippen LogP contribution in [0.5, 0.6) is 5.75 Å². The largest absolute Gasteiger partial charge is 0.507 e. The summed E-state index contributed by atoms with van der Waals surface area (Å²) in [6, 6.07) is 7.19. The van der Waals surface area contributed by atoms with Gasteiger partial charge in [-0.1, -0.05) is 51.5 Å². The number of phenolic OH excluding ortho intramolecular Hbond substituents is 1. The number of aromatic hydroxyl groups is 1. The first-order valence-electron chi connectivity index (χ1n) is 7.12. The van der Waals surface area contributed by atoms with Crippen LogP contribution in [-0.2, 0) is 4.74 Å². The molecule has 0 aliphatic carbocycles. The number of ether oxygens (including phenoxy) is 1. The van der Waals surface area contributed by atoms with E-state index < -0.39 is 5.97 Å². The van der Waals surface area contributed by atoms with Crippen LogP contribution in [0.1, 0.15) is 62.2 Å². The highest BCUT2D eigenvalue weighted by Gasteiger charge is 2.10. The molecule has 1 rings (SSSR count). The van der Waals surface area contributed by atoms with Crippen LogP contribution in [0.3, 0.4) is 0 Å². The number of phenols is 1. The Morgan fingerprint density at radius 1 is 1.21 bits per heavy atom. The van der Waals surface area contributed by atoms with E-state index in [2.05, 4.69) is 13.0 Å². The van der Waals surface area contributed by atoms with Gasteiger partial charge in [0.2, 0.25) is 0 Å². The molecule has 0 bridgehead atoms. The van der Waals surface area contributed by atoms with Gasteiger partial charge in [-0.05, 0) is 24.6 Å². The Kier molecular flexibility index (Phi) is 7.71. The number of esters is 1. The molecular weight excluding hydrogens is 240 g/mol. The van der Waals surface area contributed by atoms with Gasteiger partial charge in [0.1, 0.15) is 11.3 Å². The van der Waals surface area contributed by atoms with Crippen molar-refractivity contribution < 1.29 is 14.6 Å². The quantitative estimate of drug-likeness (QED) is 0.539. The zero-order valence-electron chi connectivity index (χ0n) is 11.7. The van der Waals surface area contributed by atoms with Crippen molar-refractivity contribution in [1.82, 2.24) is 0 Å². The minimum Gasteiger partial charge on any atom is -0.507 e. The van der Waals surface area contributed by atoms with E-state index in [1.54, 1.807) is 6.07 Å². The molecule has 19 heavy (non-hydrogen) atoms. The van der Waals surface area contributed by atoms with Crippen LogP contribution in [0.15, 0.2) is 18.2 Å². The Morgan fingerprint density at radius 3 is 2.58 bits per heavy atom. The van der Waals surface area contributed by atoms with Crippen molar-refractivity contribution in [1.29, 1.82) is 0 Å². The lowest BCUT2D eigenvalue weighted by Gasteiger charge is -2.06. The lowest BCUT2D eigenvalue weighted by atomic mass is 10.1. The van der Waals surface area contributed by atoms with E-state index in [1.807, 2.05) is 0 Å². The number of benzene rings is 1. The fourth-order valence-electron chi connectivity index (χ4n) is 1.89. The molecule has 0 spiro atoms. The Hall–Kier alpha value is -1.51. The third kappa shape index (κ3) is 6.27. The Bertz CT molecular complexity index is 374. The number of carbonyl (C=O) groups excluding carboxylic acids is 1. The average Bonchev–Trinajstić information content (AvgIpc) is 2.42. The Morgan fingerprint density at radius 2 is 1.89 bits per heavy atom. The van der Waals surface area contributed by atoms with Gasteiger partial charge < -0.3 is 9.84 Å². The second kappa shape index (κ2) is 9.42. The van der Waals surface area contributed by atoms with Crippen molar-refractivity contribution >= 4 is 5.97 Å². The SMILES string of the molecule is CCCCCCCCCOC(=O)c1c[c]ccc1O. The number of unbranched alkanes of at least 4 members (excludes halogenated alkanes) is 6. The number of carbonyl (C=O) groups is 1. The van der Waals surface area contributed by atoms with Crippen molar-refractivity contribution in [3.63, 3.8) is 0 Å². The van der Waals surface area contributed by atoms with E-state index in [0.29, 0.717) is 6.61 Å². The average molecular weight is 263 g/mol. The van der Waals surface area contributed by atoms with Gasteiger partial charge in [-0.3, -0.25) is 0 Å². The maximum atomic E-state index is 11.6. The molecule has 1 radical (unpaired) electrons. The van der Waals surface area contributed by atoms with Gasteiger partial charge >= 0.3 is 5.97 Å². The van der Waals surface area contributed by atoms with Gasteiger partial charge in [-0.15, -0.1) is 0 Å². The maximum absolute atomic E-state index is 11.6. The highest BCUT2D eigenvalue weighted by Crippen LogP contribution is 2.16. The molecule has 1 aromatic carbocycles. The highest BCUT2D eigenvalue weighted by molar-refractivity contribution is 5.92. The van der Waals surface area contributed by atoms with Gasteiger partial charge in [-0.2, -0.15) is 0 Å². The molecule has 0 amide bonds. The standard InChI is InChI=1S/C16H23O3/c1-2-3-4-5-6-7-10-13-19-16(18)14-11-8-9-12-15(14)17/h9,11-12,17H,2-7,10,13H2,1H3. The van der Waals surface area contributed by atoms with Crippen molar-refractivity contribution in [3.8, 4) is 5.75 Å². The molecule has 1 N–H and O–H groups in total. The molecule has 3 nitrogen and oxygen atoms in total. The summed E-state index contributed by atoms with van der Waals surface area (Å²) in [5, 5.41) is 9.48. The Balaban J connectivity index is 2.10. The summed E-state index contributed by atoms with van der Waals surface area (Å²) in [7, 11) is 0. The van der Waals surface area contributed by atoms with E-state index in [4.69, 9.17) is 4.74 Å².